The van der Waals surface area contributed by atoms with E-state index in [1.165, 1.54) is 57.8 Å². The van der Waals surface area contributed by atoms with Crippen LogP contribution < -0.4 is 0 Å². The van der Waals surface area contributed by atoms with Crippen LogP contribution in [0.1, 0.15) is 120 Å². The number of hydrogen-bond acceptors (Lipinski definition) is 1. The minimum Gasteiger partial charge on any atom is -0.393 e. The second-order valence-corrected chi connectivity index (χ2v) is 15.2. The van der Waals surface area contributed by atoms with Gasteiger partial charge in [0.25, 0.3) is 0 Å². The number of aliphatic hydroxyl groups is 1. The van der Waals surface area contributed by atoms with Crippen LogP contribution in [0.25, 0.3) is 0 Å². The molecule has 1 nitrogen and oxygen atoms in total. The van der Waals surface area contributed by atoms with Crippen molar-refractivity contribution in [2.24, 2.45) is 50.2 Å². The summed E-state index contributed by atoms with van der Waals surface area (Å²) in [6.07, 6.45) is 15.9. The Labute approximate surface area is 192 Å². The lowest BCUT2D eigenvalue weighted by atomic mass is 9.34. The Morgan fingerprint density at radius 2 is 1.45 bits per heavy atom. The summed E-state index contributed by atoms with van der Waals surface area (Å²) < 4.78 is 0. The number of rotatable bonds is 0. The van der Waals surface area contributed by atoms with Gasteiger partial charge < -0.3 is 5.11 Å². The number of hydrogen-bond donors (Lipinski definition) is 1. The summed E-state index contributed by atoms with van der Waals surface area (Å²) in [5.74, 6) is 2.21. The fourth-order valence-electron chi connectivity index (χ4n) is 10.5. The quantitative estimate of drug-likeness (QED) is 0.387. The minimum absolute atomic E-state index is 0.0369. The van der Waals surface area contributed by atoms with Gasteiger partial charge in [0.05, 0.1) is 6.10 Å². The SMILES string of the molecule is CC1(C)CCC2(C)CCC3(C)C4=CCC5C(C)(C)C(O)CCC5(C)C4CCC3(C)C2C1. The summed E-state index contributed by atoms with van der Waals surface area (Å²) in [5, 5.41) is 10.9. The zero-order chi connectivity index (χ0) is 22.7. The third kappa shape index (κ3) is 2.77. The van der Waals surface area contributed by atoms with Gasteiger partial charge in [-0.3, -0.25) is 0 Å². The molecule has 0 heterocycles. The first kappa shape index (κ1) is 22.5. The standard InChI is InChI=1S/C30H50O/c1-25(2)15-16-27(5)17-18-29(7)21-9-10-22-26(3,4)24(31)12-13-28(22,6)20(21)11-14-30(29,8)23(27)19-25/h9,20,22-24,31H,10-19H2,1-8H3. The van der Waals surface area contributed by atoms with E-state index in [0.29, 0.717) is 33.0 Å². The third-order valence-electron chi connectivity index (χ3n) is 13.0. The van der Waals surface area contributed by atoms with E-state index in [1.54, 1.807) is 0 Å². The van der Waals surface area contributed by atoms with Crippen LogP contribution in [0.3, 0.4) is 0 Å². The van der Waals surface area contributed by atoms with E-state index in [4.69, 9.17) is 0 Å². The summed E-state index contributed by atoms with van der Waals surface area (Å²) in [6, 6.07) is 0. The highest BCUT2D eigenvalue weighted by atomic mass is 16.3. The molecule has 8 unspecified atom stereocenters. The van der Waals surface area contributed by atoms with Crippen molar-refractivity contribution in [1.29, 1.82) is 0 Å². The van der Waals surface area contributed by atoms with E-state index in [-0.39, 0.29) is 11.5 Å². The van der Waals surface area contributed by atoms with Crippen LogP contribution in [0.5, 0.6) is 0 Å². The van der Waals surface area contributed by atoms with Gasteiger partial charge >= 0.3 is 0 Å². The molecule has 0 aromatic rings. The van der Waals surface area contributed by atoms with Gasteiger partial charge in [-0.1, -0.05) is 67.0 Å². The van der Waals surface area contributed by atoms with Crippen molar-refractivity contribution in [3.63, 3.8) is 0 Å². The first-order valence-electron chi connectivity index (χ1n) is 13.6. The van der Waals surface area contributed by atoms with Gasteiger partial charge in [0.1, 0.15) is 0 Å². The first-order valence-corrected chi connectivity index (χ1v) is 13.6. The van der Waals surface area contributed by atoms with Crippen LogP contribution in [0, 0.1) is 50.2 Å². The second kappa shape index (κ2) is 6.43. The average molecular weight is 427 g/mol. The van der Waals surface area contributed by atoms with E-state index in [9.17, 15) is 5.11 Å². The minimum atomic E-state index is -0.134. The van der Waals surface area contributed by atoms with Gasteiger partial charge in [0, 0.05) is 0 Å². The van der Waals surface area contributed by atoms with Gasteiger partial charge in [-0.05, 0) is 114 Å². The van der Waals surface area contributed by atoms with Crippen molar-refractivity contribution in [3.8, 4) is 0 Å². The maximum absolute atomic E-state index is 10.9. The number of aliphatic hydroxyl groups excluding tert-OH is 1. The van der Waals surface area contributed by atoms with Crippen molar-refractivity contribution in [1.82, 2.24) is 0 Å². The Morgan fingerprint density at radius 3 is 2.16 bits per heavy atom. The molecule has 8 atom stereocenters. The molecule has 1 N–H and O–H groups in total. The van der Waals surface area contributed by atoms with E-state index in [2.05, 4.69) is 61.5 Å². The number of fused-ring (bicyclic) bond motifs is 7. The van der Waals surface area contributed by atoms with Crippen molar-refractivity contribution < 1.29 is 5.11 Å². The molecule has 5 aliphatic carbocycles. The summed E-state index contributed by atoms with van der Waals surface area (Å²) in [5.41, 5.74) is 4.12. The van der Waals surface area contributed by atoms with Crippen molar-refractivity contribution in [3.05, 3.63) is 11.6 Å². The topological polar surface area (TPSA) is 20.2 Å². The van der Waals surface area contributed by atoms with Crippen LogP contribution in [0.15, 0.2) is 11.6 Å². The molecule has 0 radical (unpaired) electrons. The molecule has 31 heavy (non-hydrogen) atoms. The molecular formula is C30H50O. The smallest absolute Gasteiger partial charge is 0.0594 e. The predicted molar refractivity (Wildman–Crippen MR) is 131 cm³/mol. The lowest BCUT2D eigenvalue weighted by Crippen LogP contribution is -2.63. The van der Waals surface area contributed by atoms with Crippen LogP contribution >= 0.6 is 0 Å². The van der Waals surface area contributed by atoms with Crippen LogP contribution in [-0.2, 0) is 0 Å². The normalized spacial score (nSPS) is 55.2. The molecule has 5 aliphatic rings. The highest BCUT2D eigenvalue weighted by Gasteiger charge is 2.67. The largest absolute Gasteiger partial charge is 0.393 e. The zero-order valence-electron chi connectivity index (χ0n) is 21.9. The number of allylic oxidation sites excluding steroid dienone is 2. The summed E-state index contributed by atoms with van der Waals surface area (Å²) in [6.45, 7) is 20.5. The Morgan fingerprint density at radius 1 is 0.774 bits per heavy atom. The Bertz CT molecular complexity index is 790. The van der Waals surface area contributed by atoms with E-state index in [1.807, 2.05) is 5.57 Å². The fourth-order valence-corrected chi connectivity index (χ4v) is 10.5. The molecule has 4 saturated carbocycles. The summed E-state index contributed by atoms with van der Waals surface area (Å²) >= 11 is 0. The molecule has 0 aromatic heterocycles. The van der Waals surface area contributed by atoms with E-state index >= 15 is 0 Å². The maximum Gasteiger partial charge on any atom is 0.0594 e. The summed E-state index contributed by atoms with van der Waals surface area (Å²) in [4.78, 5) is 0. The van der Waals surface area contributed by atoms with Crippen molar-refractivity contribution in [2.75, 3.05) is 0 Å². The molecule has 0 saturated heterocycles. The van der Waals surface area contributed by atoms with Crippen molar-refractivity contribution in [2.45, 2.75) is 126 Å². The second-order valence-electron chi connectivity index (χ2n) is 15.2. The molecule has 0 bridgehead atoms. The lowest BCUT2D eigenvalue weighted by molar-refractivity contribution is -0.178. The van der Waals surface area contributed by atoms with Gasteiger partial charge in [-0.15, -0.1) is 0 Å². The van der Waals surface area contributed by atoms with E-state index < -0.39 is 0 Å². The maximum atomic E-state index is 10.9. The Hall–Kier alpha value is -0.300. The van der Waals surface area contributed by atoms with Gasteiger partial charge in [-0.2, -0.15) is 0 Å². The molecule has 0 aromatic carbocycles. The average Bonchev–Trinajstić information content (AvgIpc) is 2.68. The monoisotopic (exact) mass is 426 g/mol. The fraction of sp³-hybridized carbons (Fsp3) is 0.933. The molecular weight excluding hydrogens is 376 g/mol. The third-order valence-corrected chi connectivity index (χ3v) is 13.0. The molecule has 0 spiro atoms. The summed E-state index contributed by atoms with van der Waals surface area (Å²) in [7, 11) is 0. The lowest BCUT2D eigenvalue weighted by Gasteiger charge is -2.71. The highest BCUT2D eigenvalue weighted by Crippen LogP contribution is 2.75. The van der Waals surface area contributed by atoms with Gasteiger partial charge in [0.2, 0.25) is 0 Å². The molecule has 1 heteroatoms. The van der Waals surface area contributed by atoms with Gasteiger partial charge in [-0.25, -0.2) is 0 Å². The molecule has 176 valence electrons. The molecule has 4 fully saturated rings. The van der Waals surface area contributed by atoms with Crippen LogP contribution in [-0.4, -0.2) is 11.2 Å². The van der Waals surface area contributed by atoms with E-state index in [0.717, 1.165) is 18.3 Å². The highest BCUT2D eigenvalue weighted by molar-refractivity contribution is 5.33. The Kier molecular flexibility index (Phi) is 4.66. The first-order chi connectivity index (χ1) is 14.2. The zero-order valence-corrected chi connectivity index (χ0v) is 21.9. The van der Waals surface area contributed by atoms with Crippen LogP contribution in [0.4, 0.5) is 0 Å². The molecule has 0 aliphatic heterocycles. The predicted octanol–water partition coefficient (Wildman–Crippen LogP) is 8.17. The van der Waals surface area contributed by atoms with Crippen molar-refractivity contribution >= 4 is 0 Å². The Balaban J connectivity index is 1.57. The molecule has 0 amide bonds. The molecule has 5 rings (SSSR count). The van der Waals surface area contributed by atoms with Gasteiger partial charge in [0.15, 0.2) is 0 Å². The van der Waals surface area contributed by atoms with Crippen LogP contribution in [0.2, 0.25) is 0 Å².